The Balaban J connectivity index is 1.87. The number of rotatable bonds is 2. The van der Waals surface area contributed by atoms with Crippen molar-refractivity contribution >= 4 is 5.97 Å². The van der Waals surface area contributed by atoms with Gasteiger partial charge in [0.05, 0.1) is 29.9 Å². The number of esters is 1. The van der Waals surface area contributed by atoms with Crippen LogP contribution in [0.1, 0.15) is 73.8 Å². The zero-order valence-corrected chi connectivity index (χ0v) is 15.1. The van der Waals surface area contributed by atoms with Crippen molar-refractivity contribution in [3.63, 3.8) is 0 Å². The van der Waals surface area contributed by atoms with Gasteiger partial charge in [0.15, 0.2) is 0 Å². The van der Waals surface area contributed by atoms with E-state index in [0.717, 1.165) is 33.4 Å². The van der Waals surface area contributed by atoms with Gasteiger partial charge >= 0.3 is 5.97 Å². The maximum Gasteiger partial charge on any atom is 0.355 e. The molecule has 0 fully saturated rings. The summed E-state index contributed by atoms with van der Waals surface area (Å²) in [6.07, 6.45) is 1.85. The van der Waals surface area contributed by atoms with Crippen LogP contribution in [0.15, 0.2) is 42.6 Å². The molecule has 134 valence electrons. The minimum Gasteiger partial charge on any atom is -0.461 e. The fourth-order valence-corrected chi connectivity index (χ4v) is 4.81. The summed E-state index contributed by atoms with van der Waals surface area (Å²) in [7, 11) is 0. The molecule has 6 rings (SSSR count). The van der Waals surface area contributed by atoms with Crippen LogP contribution < -0.4 is 0 Å². The van der Waals surface area contributed by atoms with Gasteiger partial charge in [0.2, 0.25) is 0 Å². The molecular weight excluding hydrogens is 350 g/mol. The molecule has 28 heavy (non-hydrogen) atoms. The lowest BCUT2D eigenvalue weighted by Gasteiger charge is -2.41. The summed E-state index contributed by atoms with van der Waals surface area (Å²) >= 11 is 0. The molecule has 2 bridgehead atoms. The smallest absolute Gasteiger partial charge is 0.355 e. The number of nitrogens with one attached hydrogen (secondary N) is 1. The van der Waals surface area contributed by atoms with Crippen molar-refractivity contribution in [3.8, 4) is 12.1 Å². The number of carbonyl (C=O) groups excluding carboxylic acids is 1. The minimum absolute atomic E-state index is 0.187. The van der Waals surface area contributed by atoms with Gasteiger partial charge in [-0.05, 0) is 46.9 Å². The molecule has 0 saturated heterocycles. The van der Waals surface area contributed by atoms with Crippen molar-refractivity contribution in [2.45, 2.75) is 18.8 Å². The highest BCUT2D eigenvalue weighted by Crippen LogP contribution is 2.58. The van der Waals surface area contributed by atoms with E-state index in [1.54, 1.807) is 6.92 Å². The quantitative estimate of drug-likeness (QED) is 0.480. The molecule has 0 unspecified atom stereocenters. The predicted molar refractivity (Wildman–Crippen MR) is 101 cm³/mol. The van der Waals surface area contributed by atoms with Crippen LogP contribution >= 0.6 is 0 Å². The molecule has 5 heteroatoms. The summed E-state index contributed by atoms with van der Waals surface area (Å²) in [6.45, 7) is 2.06. The zero-order chi connectivity index (χ0) is 19.4. The Bertz CT molecular complexity index is 1240. The predicted octanol–water partition coefficient (Wildman–Crippen LogP) is 3.92. The summed E-state index contributed by atoms with van der Waals surface area (Å²) < 4.78 is 5.25. The van der Waals surface area contributed by atoms with Crippen molar-refractivity contribution in [2.24, 2.45) is 0 Å². The number of aromatic amines is 1. The van der Waals surface area contributed by atoms with Crippen LogP contribution in [-0.2, 0) is 4.74 Å². The molecule has 0 amide bonds. The van der Waals surface area contributed by atoms with Crippen LogP contribution in [0.3, 0.4) is 0 Å². The first-order chi connectivity index (χ1) is 13.7. The van der Waals surface area contributed by atoms with Crippen LogP contribution in [-0.4, -0.2) is 17.6 Å². The largest absolute Gasteiger partial charge is 0.461 e. The zero-order valence-electron chi connectivity index (χ0n) is 15.1. The summed E-state index contributed by atoms with van der Waals surface area (Å²) in [4.78, 5) is 15.7. The molecule has 2 aromatic carbocycles. The van der Waals surface area contributed by atoms with E-state index in [9.17, 15) is 15.3 Å². The Morgan fingerprint density at radius 1 is 0.964 bits per heavy atom. The summed E-state index contributed by atoms with van der Waals surface area (Å²) in [5.74, 6) is -0.862. The highest BCUT2D eigenvalue weighted by Gasteiger charge is 2.46. The number of carbonyl (C=O) groups is 1. The van der Waals surface area contributed by atoms with Crippen molar-refractivity contribution in [1.29, 1.82) is 10.5 Å². The number of ether oxygens (including phenoxy) is 1. The second-order valence-electron chi connectivity index (χ2n) is 6.96. The van der Waals surface area contributed by atoms with E-state index < -0.39 is 5.97 Å². The van der Waals surface area contributed by atoms with Crippen LogP contribution in [0.4, 0.5) is 0 Å². The van der Waals surface area contributed by atoms with E-state index >= 15 is 0 Å². The number of nitriles is 2. The van der Waals surface area contributed by atoms with Crippen molar-refractivity contribution in [2.75, 3.05) is 6.61 Å². The molecular formula is C23H15N3O2. The number of H-pyrrole nitrogens is 1. The molecule has 3 aliphatic carbocycles. The lowest BCUT2D eigenvalue weighted by atomic mass is 9.60. The van der Waals surface area contributed by atoms with Gasteiger partial charge in [0.25, 0.3) is 0 Å². The fourth-order valence-electron chi connectivity index (χ4n) is 4.81. The van der Waals surface area contributed by atoms with Crippen molar-refractivity contribution in [1.82, 2.24) is 4.98 Å². The van der Waals surface area contributed by atoms with E-state index in [-0.39, 0.29) is 18.4 Å². The van der Waals surface area contributed by atoms with Gasteiger partial charge in [0.1, 0.15) is 5.69 Å². The Labute approximate surface area is 161 Å². The molecule has 3 aliphatic rings. The second-order valence-corrected chi connectivity index (χ2v) is 6.96. The molecule has 1 N–H and O–H groups in total. The third-order valence-electron chi connectivity index (χ3n) is 5.75. The van der Waals surface area contributed by atoms with Crippen LogP contribution in [0.2, 0.25) is 0 Å². The molecule has 3 aromatic rings. The highest BCUT2D eigenvalue weighted by atomic mass is 16.5. The van der Waals surface area contributed by atoms with Crippen molar-refractivity contribution in [3.05, 3.63) is 92.8 Å². The maximum absolute atomic E-state index is 12.6. The van der Waals surface area contributed by atoms with E-state index in [4.69, 9.17) is 4.74 Å². The molecule has 0 spiro atoms. The monoisotopic (exact) mass is 365 g/mol. The van der Waals surface area contributed by atoms with E-state index in [1.807, 2.05) is 42.6 Å². The first kappa shape index (κ1) is 16.4. The van der Waals surface area contributed by atoms with E-state index in [0.29, 0.717) is 16.8 Å². The molecule has 1 aromatic heterocycles. The lowest BCUT2D eigenvalue weighted by Crippen LogP contribution is -2.29. The number of nitrogens with zero attached hydrogens (tertiary/aromatic N) is 2. The third kappa shape index (κ3) is 1.91. The van der Waals surface area contributed by atoms with Gasteiger partial charge < -0.3 is 9.72 Å². The average molecular weight is 365 g/mol. The average Bonchev–Trinajstić information content (AvgIpc) is 3.18. The molecule has 5 nitrogen and oxygen atoms in total. The maximum atomic E-state index is 12.6. The summed E-state index contributed by atoms with van der Waals surface area (Å²) in [5.41, 5.74) is 7.41. The van der Waals surface area contributed by atoms with Gasteiger partial charge in [-0.3, -0.25) is 0 Å². The van der Waals surface area contributed by atoms with Gasteiger partial charge in [-0.25, -0.2) is 4.79 Å². The van der Waals surface area contributed by atoms with Crippen LogP contribution in [0, 0.1) is 22.7 Å². The number of hydrogen-bond acceptors (Lipinski definition) is 4. The van der Waals surface area contributed by atoms with Crippen molar-refractivity contribution < 1.29 is 9.53 Å². The fraction of sp³-hybridized carbons (Fsp3) is 0.174. The van der Waals surface area contributed by atoms with E-state index in [2.05, 4.69) is 17.1 Å². The highest BCUT2D eigenvalue weighted by molar-refractivity contribution is 5.92. The molecule has 2 atom stereocenters. The first-order valence-corrected chi connectivity index (χ1v) is 9.15. The lowest BCUT2D eigenvalue weighted by molar-refractivity contribution is 0.0518. The third-order valence-corrected chi connectivity index (χ3v) is 5.75. The van der Waals surface area contributed by atoms with Crippen LogP contribution in [0.5, 0.6) is 0 Å². The van der Waals surface area contributed by atoms with Gasteiger partial charge in [-0.1, -0.05) is 24.3 Å². The molecule has 0 aliphatic heterocycles. The van der Waals surface area contributed by atoms with Gasteiger partial charge in [-0.2, -0.15) is 10.5 Å². The summed E-state index contributed by atoms with van der Waals surface area (Å²) in [5, 5.41) is 19.4. The second kappa shape index (κ2) is 5.84. The number of benzene rings is 2. The standard InChI is InChI=1S/C23H15N3O2/c1-2-28-23(27)22-21-16(11-26-22)19-14-7-3-6-13(10-25)18(14)20(21)15-8-4-5-12(9-24)17(15)19/h3-8,11,19-20,26H,2H2,1H3/t19-,20+/m1/s1. The molecule has 0 radical (unpaired) electrons. The number of aromatic nitrogens is 1. The number of hydrogen-bond donors (Lipinski definition) is 1. The van der Waals surface area contributed by atoms with Gasteiger partial charge in [-0.15, -0.1) is 0 Å². The van der Waals surface area contributed by atoms with E-state index in [1.165, 1.54) is 0 Å². The Morgan fingerprint density at radius 2 is 1.57 bits per heavy atom. The molecule has 1 heterocycles. The SMILES string of the molecule is CCOC(=O)c1[nH]cc2c1[C@H]1c3cccc(C#N)c3[C@@H]2c2cccc(C#N)c21. The normalized spacial score (nSPS) is 17.7. The first-order valence-electron chi connectivity index (χ1n) is 9.15. The van der Waals surface area contributed by atoms with Gasteiger partial charge in [0, 0.05) is 23.6 Å². The minimum atomic E-state index is -0.398. The topological polar surface area (TPSA) is 89.7 Å². The Morgan fingerprint density at radius 3 is 2.18 bits per heavy atom. The summed E-state index contributed by atoms with van der Waals surface area (Å²) in [6, 6.07) is 16.0. The Hall–Kier alpha value is -3.83. The Kier molecular flexibility index (Phi) is 3.41. The van der Waals surface area contributed by atoms with Crippen LogP contribution in [0.25, 0.3) is 0 Å². The molecule has 0 saturated carbocycles.